The predicted molar refractivity (Wildman–Crippen MR) is 121 cm³/mol. The van der Waals surface area contributed by atoms with Crippen molar-refractivity contribution in [3.8, 4) is 17.0 Å². The van der Waals surface area contributed by atoms with E-state index in [-0.39, 0.29) is 11.8 Å². The predicted octanol–water partition coefficient (Wildman–Crippen LogP) is 3.28. The third-order valence-electron chi connectivity index (χ3n) is 5.74. The molecule has 1 heterocycles. The zero-order valence-electron chi connectivity index (χ0n) is 19.5. The second-order valence-electron chi connectivity index (χ2n) is 7.82. The smallest absolute Gasteiger partial charge is 0.490 e. The van der Waals surface area contributed by atoms with Gasteiger partial charge in [-0.1, -0.05) is 13.8 Å². The fraction of sp³-hybridized carbons (Fsp3) is 0.522. The van der Waals surface area contributed by atoms with Gasteiger partial charge in [-0.25, -0.2) is 4.79 Å². The number of methoxy groups -OCH3 is 1. The molecule has 1 aromatic heterocycles. The Morgan fingerprint density at radius 1 is 1.24 bits per heavy atom. The van der Waals surface area contributed by atoms with Gasteiger partial charge in [-0.3, -0.25) is 9.89 Å². The summed E-state index contributed by atoms with van der Waals surface area (Å²) in [7, 11) is 1.66. The number of aromatic amines is 1. The van der Waals surface area contributed by atoms with Crippen LogP contribution in [0.5, 0.6) is 5.75 Å². The minimum absolute atomic E-state index is 0.0174. The van der Waals surface area contributed by atoms with Crippen LogP contribution in [0.25, 0.3) is 11.3 Å². The van der Waals surface area contributed by atoms with Crippen LogP contribution in [0, 0.1) is 5.92 Å². The average Bonchev–Trinajstić information content (AvgIpc) is 3.25. The Morgan fingerprint density at radius 3 is 2.38 bits per heavy atom. The number of amides is 1. The van der Waals surface area contributed by atoms with Gasteiger partial charge in [0.1, 0.15) is 5.75 Å². The number of carbonyl (C=O) groups excluding carboxylic acids is 1. The van der Waals surface area contributed by atoms with Crippen molar-refractivity contribution in [3.05, 3.63) is 35.5 Å². The number of aliphatic carboxylic acids is 1. The monoisotopic (exact) mass is 484 g/mol. The van der Waals surface area contributed by atoms with E-state index in [4.69, 9.17) is 14.6 Å². The zero-order valence-corrected chi connectivity index (χ0v) is 19.5. The maximum absolute atomic E-state index is 12.6. The number of nitrogens with one attached hydrogen (secondary N) is 2. The number of ether oxygens (including phenoxy) is 1. The van der Waals surface area contributed by atoms with Gasteiger partial charge in [0, 0.05) is 35.8 Å². The van der Waals surface area contributed by atoms with Gasteiger partial charge >= 0.3 is 12.1 Å². The molecular weight excluding hydrogens is 453 g/mol. The first-order chi connectivity index (χ1) is 16.1. The number of carbonyl (C=O) groups is 2. The Bertz CT molecular complexity index is 941. The van der Waals surface area contributed by atoms with Crippen LogP contribution >= 0.6 is 0 Å². The lowest BCUT2D eigenvalue weighted by molar-refractivity contribution is -0.192. The molecule has 1 atom stereocenters. The van der Waals surface area contributed by atoms with Crippen LogP contribution < -0.4 is 10.1 Å². The summed E-state index contributed by atoms with van der Waals surface area (Å²) in [5.41, 5.74) is 4.34. The van der Waals surface area contributed by atoms with E-state index >= 15 is 0 Å². The standard InChI is InChI=1S/C21H30N4O2.C2HF3O2/c1-4-25(5-2)13-12-22-21(26)16-8-11-19-18(14-16)20(24-23-19)15-6-9-17(27-3)10-7-15;3-2(4,5)1(6)7/h6-7,9-10,16H,4-5,8,11-14H2,1-3H3,(H,22,26)(H,23,24);(H,6,7). The quantitative estimate of drug-likeness (QED) is 0.531. The number of hydrogen-bond donors (Lipinski definition) is 3. The fourth-order valence-corrected chi connectivity index (χ4v) is 3.73. The van der Waals surface area contributed by atoms with E-state index in [1.807, 2.05) is 24.3 Å². The van der Waals surface area contributed by atoms with Crippen LogP contribution in [0.15, 0.2) is 24.3 Å². The lowest BCUT2D eigenvalue weighted by Gasteiger charge is -2.23. The van der Waals surface area contributed by atoms with Gasteiger partial charge in [0.15, 0.2) is 0 Å². The highest BCUT2D eigenvalue weighted by atomic mass is 19.4. The number of nitrogens with zero attached hydrogens (tertiary/aromatic N) is 2. The van der Waals surface area contributed by atoms with E-state index in [9.17, 15) is 18.0 Å². The molecule has 0 bridgehead atoms. The van der Waals surface area contributed by atoms with Crippen LogP contribution in [-0.2, 0) is 22.4 Å². The summed E-state index contributed by atoms with van der Waals surface area (Å²) in [4.78, 5) is 23.9. The lowest BCUT2D eigenvalue weighted by atomic mass is 9.85. The Hall–Kier alpha value is -3.08. The average molecular weight is 485 g/mol. The summed E-state index contributed by atoms with van der Waals surface area (Å²) in [5.74, 6) is -1.75. The SMILES string of the molecule is CCN(CC)CCNC(=O)C1CCc2[nH]nc(-c3ccc(OC)cc3)c2C1.O=C(O)C(F)(F)F. The Labute approximate surface area is 196 Å². The number of carboxylic acids is 1. The van der Waals surface area contributed by atoms with Crippen LogP contribution in [0.3, 0.4) is 0 Å². The molecule has 3 N–H and O–H groups in total. The summed E-state index contributed by atoms with van der Waals surface area (Å²) >= 11 is 0. The molecule has 0 fully saturated rings. The van der Waals surface area contributed by atoms with Gasteiger partial charge in [0.25, 0.3) is 0 Å². The van der Waals surface area contributed by atoms with Gasteiger partial charge in [-0.15, -0.1) is 0 Å². The molecular formula is C23H31F3N4O4. The summed E-state index contributed by atoms with van der Waals surface area (Å²) in [6.45, 7) is 7.93. The number of fused-ring (bicyclic) bond motifs is 1. The van der Waals surface area contributed by atoms with Crippen molar-refractivity contribution in [1.29, 1.82) is 0 Å². The molecule has 2 aromatic rings. The van der Waals surface area contributed by atoms with E-state index in [0.29, 0.717) is 6.54 Å². The van der Waals surface area contributed by atoms with Crippen molar-refractivity contribution in [1.82, 2.24) is 20.4 Å². The third kappa shape index (κ3) is 7.47. The van der Waals surface area contributed by atoms with Gasteiger partial charge in [0.2, 0.25) is 5.91 Å². The number of aromatic nitrogens is 2. The largest absolute Gasteiger partial charge is 0.497 e. The number of hydrogen-bond acceptors (Lipinski definition) is 5. The second-order valence-corrected chi connectivity index (χ2v) is 7.82. The molecule has 0 radical (unpaired) electrons. The van der Waals surface area contributed by atoms with Crippen molar-refractivity contribution in [2.24, 2.45) is 5.92 Å². The summed E-state index contributed by atoms with van der Waals surface area (Å²) in [6.07, 6.45) is -2.61. The van der Waals surface area contributed by atoms with Crippen molar-refractivity contribution in [3.63, 3.8) is 0 Å². The molecule has 1 aliphatic carbocycles. The molecule has 8 nitrogen and oxygen atoms in total. The number of rotatable bonds is 8. The van der Waals surface area contributed by atoms with E-state index in [1.165, 1.54) is 5.56 Å². The summed E-state index contributed by atoms with van der Waals surface area (Å²) in [5, 5.41) is 17.9. The first kappa shape index (κ1) is 27.2. The molecule has 188 valence electrons. The maximum atomic E-state index is 12.6. The summed E-state index contributed by atoms with van der Waals surface area (Å²) in [6, 6.07) is 7.92. The molecule has 1 unspecified atom stereocenters. The maximum Gasteiger partial charge on any atom is 0.490 e. The van der Waals surface area contributed by atoms with Crippen LogP contribution in [0.2, 0.25) is 0 Å². The highest BCUT2D eigenvalue weighted by Gasteiger charge is 2.38. The fourth-order valence-electron chi connectivity index (χ4n) is 3.73. The topological polar surface area (TPSA) is 108 Å². The summed E-state index contributed by atoms with van der Waals surface area (Å²) < 4.78 is 37.0. The Morgan fingerprint density at radius 2 is 1.85 bits per heavy atom. The Kier molecular flexibility index (Phi) is 9.91. The molecule has 0 aliphatic heterocycles. The number of halogens is 3. The normalized spacial score (nSPS) is 15.2. The van der Waals surface area contributed by atoms with Gasteiger partial charge < -0.3 is 20.1 Å². The number of benzene rings is 1. The molecule has 0 saturated carbocycles. The molecule has 0 spiro atoms. The van der Waals surface area contributed by atoms with E-state index in [2.05, 4.69) is 34.3 Å². The molecule has 34 heavy (non-hydrogen) atoms. The van der Waals surface area contributed by atoms with Crippen LogP contribution in [-0.4, -0.2) is 71.5 Å². The van der Waals surface area contributed by atoms with Gasteiger partial charge in [-0.2, -0.15) is 18.3 Å². The Balaban J connectivity index is 0.000000509. The first-order valence-corrected chi connectivity index (χ1v) is 11.1. The van der Waals surface area contributed by atoms with Gasteiger partial charge in [0.05, 0.1) is 12.8 Å². The van der Waals surface area contributed by atoms with Crippen LogP contribution in [0.1, 0.15) is 31.5 Å². The minimum atomic E-state index is -5.08. The molecule has 0 saturated heterocycles. The number of likely N-dealkylation sites (N-methyl/N-ethyl adjacent to an activating group) is 1. The van der Waals surface area contributed by atoms with Crippen molar-refractivity contribution in [2.45, 2.75) is 39.3 Å². The van der Waals surface area contributed by atoms with Crippen LogP contribution in [0.4, 0.5) is 13.2 Å². The zero-order chi connectivity index (χ0) is 25.3. The third-order valence-corrected chi connectivity index (χ3v) is 5.74. The van der Waals surface area contributed by atoms with Gasteiger partial charge in [-0.05, 0) is 56.6 Å². The van der Waals surface area contributed by atoms with E-state index in [0.717, 1.165) is 61.6 Å². The first-order valence-electron chi connectivity index (χ1n) is 11.1. The number of carboxylic acid groups (broad SMARTS) is 1. The highest BCUT2D eigenvalue weighted by Crippen LogP contribution is 2.32. The molecule has 11 heteroatoms. The molecule has 1 aromatic carbocycles. The second kappa shape index (κ2) is 12.4. The minimum Gasteiger partial charge on any atom is -0.497 e. The van der Waals surface area contributed by atoms with E-state index < -0.39 is 12.1 Å². The van der Waals surface area contributed by atoms with Crippen molar-refractivity contribution in [2.75, 3.05) is 33.3 Å². The number of aryl methyl sites for hydroxylation is 1. The molecule has 1 aliphatic rings. The number of alkyl halides is 3. The van der Waals surface area contributed by atoms with E-state index in [1.54, 1.807) is 7.11 Å². The molecule has 1 amide bonds. The number of H-pyrrole nitrogens is 1. The molecule has 3 rings (SSSR count). The highest BCUT2D eigenvalue weighted by molar-refractivity contribution is 5.80. The lowest BCUT2D eigenvalue weighted by Crippen LogP contribution is -2.39. The van der Waals surface area contributed by atoms with Crippen molar-refractivity contribution >= 4 is 11.9 Å². The van der Waals surface area contributed by atoms with Crippen molar-refractivity contribution < 1.29 is 32.6 Å².